The van der Waals surface area contributed by atoms with Crippen LogP contribution in [-0.2, 0) is 22.4 Å². The Morgan fingerprint density at radius 2 is 2.11 bits per heavy atom. The van der Waals surface area contributed by atoms with Crippen LogP contribution in [0.2, 0.25) is 0 Å². The third-order valence-corrected chi connectivity index (χ3v) is 3.29. The number of hydrogen-bond donors (Lipinski definition) is 0. The molecule has 0 fully saturated rings. The summed E-state index contributed by atoms with van der Waals surface area (Å²) in [6.07, 6.45) is 7.67. The maximum absolute atomic E-state index is 11.7. The van der Waals surface area contributed by atoms with Crippen LogP contribution in [0.3, 0.4) is 0 Å². The van der Waals surface area contributed by atoms with Crippen molar-refractivity contribution in [2.24, 2.45) is 0 Å². The average molecular weight is 240 g/mol. The third-order valence-electron chi connectivity index (χ3n) is 3.29. The monoisotopic (exact) mass is 240 g/mol. The molecule has 1 aromatic carbocycles. The highest BCUT2D eigenvalue weighted by atomic mass is 16.6. The molecule has 1 aliphatic carbocycles. The van der Waals surface area contributed by atoms with Crippen molar-refractivity contribution in [3.63, 3.8) is 0 Å². The molecular formula is C16H16O2. The second-order valence-electron chi connectivity index (χ2n) is 4.75. The first-order valence-electron chi connectivity index (χ1n) is 6.00. The van der Waals surface area contributed by atoms with Gasteiger partial charge in [0.25, 0.3) is 0 Å². The number of fused-ring (bicyclic) bond motifs is 1. The first kappa shape index (κ1) is 12.4. The van der Waals surface area contributed by atoms with E-state index in [-0.39, 0.29) is 0 Å². The van der Waals surface area contributed by atoms with E-state index < -0.39 is 11.6 Å². The van der Waals surface area contributed by atoms with Gasteiger partial charge in [-0.15, -0.1) is 6.42 Å². The lowest BCUT2D eigenvalue weighted by atomic mass is 9.81. The number of ether oxygens (including phenoxy) is 1. The molecule has 0 N–H and O–H groups in total. The van der Waals surface area contributed by atoms with Crippen LogP contribution in [0.4, 0.5) is 0 Å². The zero-order valence-corrected chi connectivity index (χ0v) is 10.5. The molecule has 1 aliphatic rings. The van der Waals surface area contributed by atoms with Gasteiger partial charge in [-0.25, -0.2) is 4.79 Å². The number of hydrogen-bond acceptors (Lipinski definition) is 2. The van der Waals surface area contributed by atoms with Crippen molar-refractivity contribution in [3.05, 3.63) is 47.5 Å². The summed E-state index contributed by atoms with van der Waals surface area (Å²) in [4.78, 5) is 11.7. The number of carbonyl (C=O) groups excluding carboxylic acids is 1. The van der Waals surface area contributed by atoms with Gasteiger partial charge in [0, 0.05) is 18.4 Å². The fraction of sp³-hybridized carbons (Fsp3) is 0.312. The summed E-state index contributed by atoms with van der Waals surface area (Å²) in [5, 5.41) is 0. The van der Waals surface area contributed by atoms with E-state index in [9.17, 15) is 4.79 Å². The molecule has 0 aliphatic heterocycles. The molecule has 0 saturated carbocycles. The maximum Gasteiger partial charge on any atom is 0.334 e. The molecule has 1 aromatic rings. The van der Waals surface area contributed by atoms with Crippen molar-refractivity contribution < 1.29 is 9.53 Å². The first-order valence-corrected chi connectivity index (χ1v) is 6.00. The van der Waals surface area contributed by atoms with Crippen LogP contribution in [0.1, 0.15) is 24.5 Å². The standard InChI is InChI=1S/C16H16O2/c1-4-16(18-15(17)12(2)3)10-9-13-7-5-6-8-14(13)11-16/h1,5-8H,2,9-11H2,3H3. The number of terminal acetylenes is 1. The SMILES string of the molecule is C#CC1(OC(=O)C(=C)C)CCc2ccccc2C1. The van der Waals surface area contributed by atoms with Gasteiger partial charge in [0.05, 0.1) is 0 Å². The molecule has 0 spiro atoms. The van der Waals surface area contributed by atoms with Crippen LogP contribution in [0.25, 0.3) is 0 Å². The first-order chi connectivity index (χ1) is 8.56. The second kappa shape index (κ2) is 4.70. The predicted molar refractivity (Wildman–Crippen MR) is 70.9 cm³/mol. The molecular weight excluding hydrogens is 224 g/mol. The van der Waals surface area contributed by atoms with Crippen LogP contribution in [0.15, 0.2) is 36.4 Å². The molecule has 0 saturated heterocycles. The van der Waals surface area contributed by atoms with E-state index in [0.29, 0.717) is 18.4 Å². The molecule has 2 nitrogen and oxygen atoms in total. The fourth-order valence-corrected chi connectivity index (χ4v) is 2.21. The van der Waals surface area contributed by atoms with Gasteiger partial charge in [0.1, 0.15) is 0 Å². The molecule has 0 aromatic heterocycles. The molecule has 2 heteroatoms. The molecule has 1 atom stereocenters. The highest BCUT2D eigenvalue weighted by molar-refractivity contribution is 5.87. The largest absolute Gasteiger partial charge is 0.442 e. The van der Waals surface area contributed by atoms with Crippen LogP contribution in [0, 0.1) is 12.3 Å². The van der Waals surface area contributed by atoms with Crippen molar-refractivity contribution in [1.82, 2.24) is 0 Å². The van der Waals surface area contributed by atoms with Crippen LogP contribution >= 0.6 is 0 Å². The minimum Gasteiger partial charge on any atom is -0.442 e. The number of carbonyl (C=O) groups is 1. The molecule has 0 amide bonds. The van der Waals surface area contributed by atoms with Gasteiger partial charge in [-0.1, -0.05) is 36.8 Å². The highest BCUT2D eigenvalue weighted by Gasteiger charge is 2.36. The van der Waals surface area contributed by atoms with Crippen LogP contribution in [-0.4, -0.2) is 11.6 Å². The Kier molecular flexibility index (Phi) is 3.25. The third kappa shape index (κ3) is 2.31. The Balaban J connectivity index is 2.25. The number of rotatable bonds is 2. The van der Waals surface area contributed by atoms with Gasteiger partial charge < -0.3 is 4.74 Å². The van der Waals surface area contributed by atoms with E-state index in [4.69, 9.17) is 11.2 Å². The maximum atomic E-state index is 11.7. The predicted octanol–water partition coefficient (Wildman–Crippen LogP) is 2.67. The second-order valence-corrected chi connectivity index (χ2v) is 4.75. The number of esters is 1. The van der Waals surface area contributed by atoms with Gasteiger partial charge in [0.15, 0.2) is 5.60 Å². The Hall–Kier alpha value is -2.01. The van der Waals surface area contributed by atoms with Crippen molar-refractivity contribution in [3.8, 4) is 12.3 Å². The van der Waals surface area contributed by atoms with E-state index in [0.717, 1.165) is 12.0 Å². The molecule has 18 heavy (non-hydrogen) atoms. The topological polar surface area (TPSA) is 26.3 Å². The number of benzene rings is 1. The van der Waals surface area contributed by atoms with E-state index >= 15 is 0 Å². The van der Waals surface area contributed by atoms with Gasteiger partial charge in [-0.3, -0.25) is 0 Å². The molecule has 1 unspecified atom stereocenters. The molecule has 0 heterocycles. The minimum atomic E-state index is -0.815. The normalized spacial score (nSPS) is 21.6. The smallest absolute Gasteiger partial charge is 0.334 e. The van der Waals surface area contributed by atoms with Crippen molar-refractivity contribution in [2.75, 3.05) is 0 Å². The molecule has 2 rings (SSSR count). The Morgan fingerprint density at radius 3 is 2.72 bits per heavy atom. The summed E-state index contributed by atoms with van der Waals surface area (Å²) in [7, 11) is 0. The average Bonchev–Trinajstić information content (AvgIpc) is 2.38. The molecule has 92 valence electrons. The van der Waals surface area contributed by atoms with E-state index in [1.165, 1.54) is 5.56 Å². The zero-order chi connectivity index (χ0) is 13.2. The number of aryl methyl sites for hydroxylation is 1. The van der Waals surface area contributed by atoms with Gasteiger partial charge in [-0.2, -0.15) is 0 Å². The Labute approximate surface area is 108 Å². The van der Waals surface area contributed by atoms with Crippen molar-refractivity contribution in [1.29, 1.82) is 0 Å². The lowest BCUT2D eigenvalue weighted by Gasteiger charge is -2.33. The van der Waals surface area contributed by atoms with Crippen LogP contribution < -0.4 is 0 Å². The summed E-state index contributed by atoms with van der Waals surface area (Å²) in [5.74, 6) is 2.25. The Bertz CT molecular complexity index is 536. The minimum absolute atomic E-state index is 0.378. The van der Waals surface area contributed by atoms with E-state index in [2.05, 4.69) is 18.6 Å². The van der Waals surface area contributed by atoms with Crippen molar-refractivity contribution in [2.45, 2.75) is 31.8 Å². The lowest BCUT2D eigenvalue weighted by molar-refractivity contribution is -0.150. The summed E-state index contributed by atoms with van der Waals surface area (Å²) < 4.78 is 5.47. The van der Waals surface area contributed by atoms with Gasteiger partial charge >= 0.3 is 5.97 Å². The molecule has 0 radical (unpaired) electrons. The van der Waals surface area contributed by atoms with Crippen molar-refractivity contribution >= 4 is 5.97 Å². The van der Waals surface area contributed by atoms with E-state index in [1.807, 2.05) is 18.2 Å². The Morgan fingerprint density at radius 1 is 1.44 bits per heavy atom. The highest BCUT2D eigenvalue weighted by Crippen LogP contribution is 2.31. The summed E-state index contributed by atoms with van der Waals surface area (Å²) in [6.45, 7) is 5.22. The fourth-order valence-electron chi connectivity index (χ4n) is 2.21. The summed E-state index contributed by atoms with van der Waals surface area (Å²) in [6, 6.07) is 8.12. The van der Waals surface area contributed by atoms with E-state index in [1.54, 1.807) is 6.92 Å². The quantitative estimate of drug-likeness (QED) is 0.451. The van der Waals surface area contributed by atoms with Gasteiger partial charge in [-0.05, 0) is 24.5 Å². The summed E-state index contributed by atoms with van der Waals surface area (Å²) in [5.41, 5.74) is 2.01. The summed E-state index contributed by atoms with van der Waals surface area (Å²) >= 11 is 0. The molecule has 0 bridgehead atoms. The lowest BCUT2D eigenvalue weighted by Crippen LogP contribution is -2.39. The van der Waals surface area contributed by atoms with Gasteiger partial charge in [0.2, 0.25) is 0 Å². The van der Waals surface area contributed by atoms with Crippen LogP contribution in [0.5, 0.6) is 0 Å². The zero-order valence-electron chi connectivity index (χ0n) is 10.5.